The number of amides is 1. The molecule has 1 aromatic heterocycles. The Bertz CT molecular complexity index is 1210. The molecule has 3 unspecified atom stereocenters. The normalized spacial score (nSPS) is 34.9. The molecule has 35 heavy (non-hydrogen) atoms. The highest BCUT2D eigenvalue weighted by Crippen LogP contribution is 2.65. The van der Waals surface area contributed by atoms with Crippen molar-refractivity contribution in [3.63, 3.8) is 0 Å². The molecule has 1 spiro atoms. The molecule has 8 nitrogen and oxygen atoms in total. The van der Waals surface area contributed by atoms with Crippen LogP contribution in [0.4, 0.5) is 0 Å². The standard InChI is InChI=1S/C27H30N2O6/c1-3-11-29-14-21(31)27-23-17-5-6-19(30)24(23)35-25(27)18(8-10-26(27,33)20(29)13-17)28(2)22(32)7-4-16-9-12-34-15-16/h3-7,9,12,15,18,20-21,25,30-31,33H,1,8,10-11,13-14H2,2H3/b7-4+/t18?,20-,21?,25?,26-,27+/m1/s1. The zero-order chi connectivity index (χ0) is 24.5. The molecule has 4 aliphatic rings. The first-order valence-electron chi connectivity index (χ1n) is 12.1. The van der Waals surface area contributed by atoms with E-state index in [1.54, 1.807) is 48.8 Å². The number of carbonyl (C=O) groups is 1. The molecule has 2 aromatic rings. The van der Waals surface area contributed by atoms with Crippen LogP contribution in [-0.4, -0.2) is 81.1 Å². The second kappa shape index (κ2) is 7.71. The lowest BCUT2D eigenvalue weighted by Gasteiger charge is -2.66. The van der Waals surface area contributed by atoms with Gasteiger partial charge in [0.15, 0.2) is 11.5 Å². The number of ether oxygens (including phenoxy) is 1. The number of β-amino-alcohol motifs (C(OH)–C–C–N with tert-alkyl or cyclic N) is 1. The molecule has 2 aliphatic carbocycles. The van der Waals surface area contributed by atoms with Crippen molar-refractivity contribution < 1.29 is 29.3 Å². The van der Waals surface area contributed by atoms with Crippen molar-refractivity contribution in [2.24, 2.45) is 0 Å². The van der Waals surface area contributed by atoms with Crippen LogP contribution in [0.2, 0.25) is 0 Å². The van der Waals surface area contributed by atoms with Crippen molar-refractivity contribution in [3.05, 3.63) is 66.1 Å². The summed E-state index contributed by atoms with van der Waals surface area (Å²) in [6.45, 7) is 4.76. The van der Waals surface area contributed by atoms with Crippen LogP contribution in [0.3, 0.4) is 0 Å². The fourth-order valence-corrected chi connectivity index (χ4v) is 7.26. The maximum Gasteiger partial charge on any atom is 0.246 e. The van der Waals surface area contributed by atoms with Crippen molar-refractivity contribution in [1.82, 2.24) is 9.80 Å². The summed E-state index contributed by atoms with van der Waals surface area (Å²) in [5.41, 5.74) is 0.00600. The molecule has 0 radical (unpaired) electrons. The van der Waals surface area contributed by atoms with Crippen LogP contribution in [0.15, 0.2) is 53.9 Å². The third kappa shape index (κ3) is 2.81. The lowest BCUT2D eigenvalue weighted by Crippen LogP contribution is -2.82. The minimum atomic E-state index is -1.28. The molecule has 1 aromatic carbocycles. The van der Waals surface area contributed by atoms with E-state index in [9.17, 15) is 20.1 Å². The van der Waals surface area contributed by atoms with E-state index >= 15 is 0 Å². The molecular weight excluding hydrogens is 448 g/mol. The number of aliphatic hydroxyl groups is 2. The number of likely N-dealkylation sites (N-methyl/N-ethyl adjacent to an activating group) is 1. The highest BCUT2D eigenvalue weighted by atomic mass is 16.5. The number of piperidine rings is 1. The molecular formula is C27H30N2O6. The summed E-state index contributed by atoms with van der Waals surface area (Å²) in [5.74, 6) is 0.0943. The molecule has 6 atom stereocenters. The summed E-state index contributed by atoms with van der Waals surface area (Å²) in [4.78, 5) is 16.9. The van der Waals surface area contributed by atoms with Crippen LogP contribution in [-0.2, 0) is 16.6 Å². The van der Waals surface area contributed by atoms with Gasteiger partial charge in [0.2, 0.25) is 5.91 Å². The van der Waals surface area contributed by atoms with Gasteiger partial charge in [-0.2, -0.15) is 0 Å². The first-order valence-corrected chi connectivity index (χ1v) is 12.1. The number of hydrogen-bond acceptors (Lipinski definition) is 7. The van der Waals surface area contributed by atoms with E-state index in [1.807, 2.05) is 6.07 Å². The average Bonchev–Trinajstić information content (AvgIpc) is 3.48. The van der Waals surface area contributed by atoms with E-state index < -0.39 is 29.3 Å². The predicted molar refractivity (Wildman–Crippen MR) is 128 cm³/mol. The smallest absolute Gasteiger partial charge is 0.246 e. The Hall–Kier alpha value is -3.07. The molecule has 6 rings (SSSR count). The highest BCUT2D eigenvalue weighted by molar-refractivity contribution is 5.92. The van der Waals surface area contributed by atoms with E-state index in [0.29, 0.717) is 43.7 Å². The summed E-state index contributed by atoms with van der Waals surface area (Å²) in [5, 5.41) is 34.9. The first-order chi connectivity index (χ1) is 16.8. The summed E-state index contributed by atoms with van der Waals surface area (Å²) in [6.07, 6.45) is 7.89. The van der Waals surface area contributed by atoms with E-state index in [1.165, 1.54) is 6.08 Å². The number of carbonyl (C=O) groups excluding carboxylic acids is 1. The number of rotatable bonds is 5. The molecule has 2 aliphatic heterocycles. The topological polar surface area (TPSA) is 107 Å². The molecule has 184 valence electrons. The lowest BCUT2D eigenvalue weighted by molar-refractivity contribution is -0.234. The third-order valence-corrected chi connectivity index (χ3v) is 8.73. The number of hydrogen-bond donors (Lipinski definition) is 3. The number of likely N-dealkylation sites (tertiary alicyclic amines) is 1. The van der Waals surface area contributed by atoms with Gasteiger partial charge >= 0.3 is 0 Å². The summed E-state index contributed by atoms with van der Waals surface area (Å²) in [7, 11) is 1.72. The second-order valence-electron chi connectivity index (χ2n) is 10.2. The van der Waals surface area contributed by atoms with Gasteiger partial charge in [-0.25, -0.2) is 0 Å². The van der Waals surface area contributed by atoms with Crippen molar-refractivity contribution in [2.75, 3.05) is 20.1 Å². The van der Waals surface area contributed by atoms with Crippen molar-refractivity contribution in [2.45, 2.75) is 54.6 Å². The Kier molecular flexibility index (Phi) is 4.94. The largest absolute Gasteiger partial charge is 0.504 e. The molecule has 1 saturated carbocycles. The minimum Gasteiger partial charge on any atom is -0.504 e. The first kappa shape index (κ1) is 22.4. The van der Waals surface area contributed by atoms with Crippen LogP contribution in [0.1, 0.15) is 29.5 Å². The van der Waals surface area contributed by atoms with Gasteiger partial charge < -0.3 is 29.4 Å². The maximum atomic E-state index is 13.2. The number of aromatic hydroxyl groups is 1. The Balaban J connectivity index is 1.45. The number of nitrogens with zero attached hydrogens (tertiary/aromatic N) is 2. The number of phenolic OH excluding ortho intramolecular Hbond substituents is 1. The van der Waals surface area contributed by atoms with Crippen LogP contribution >= 0.6 is 0 Å². The van der Waals surface area contributed by atoms with Crippen molar-refractivity contribution in [3.8, 4) is 11.5 Å². The quantitative estimate of drug-likeness (QED) is 0.445. The molecule has 2 fully saturated rings. The van der Waals surface area contributed by atoms with Crippen molar-refractivity contribution in [1.29, 1.82) is 0 Å². The van der Waals surface area contributed by atoms with Crippen LogP contribution in [0.5, 0.6) is 11.5 Å². The Morgan fingerprint density at radius 3 is 2.94 bits per heavy atom. The van der Waals surface area contributed by atoms with Crippen LogP contribution in [0.25, 0.3) is 6.08 Å². The summed E-state index contributed by atoms with van der Waals surface area (Å²) in [6, 6.07) is 4.60. The Labute approximate surface area is 203 Å². The van der Waals surface area contributed by atoms with E-state index in [-0.39, 0.29) is 17.7 Å². The molecule has 2 bridgehead atoms. The summed E-state index contributed by atoms with van der Waals surface area (Å²) >= 11 is 0. The number of benzene rings is 1. The predicted octanol–water partition coefficient (Wildman–Crippen LogP) is 1.84. The fourth-order valence-electron chi connectivity index (χ4n) is 7.26. The van der Waals surface area contributed by atoms with Crippen LogP contribution < -0.4 is 4.74 Å². The average molecular weight is 479 g/mol. The Morgan fingerprint density at radius 2 is 2.20 bits per heavy atom. The molecule has 8 heteroatoms. The van der Waals surface area contributed by atoms with Crippen molar-refractivity contribution >= 4 is 12.0 Å². The van der Waals surface area contributed by atoms with Gasteiger partial charge in [-0.05, 0) is 43.0 Å². The molecule has 3 heterocycles. The van der Waals surface area contributed by atoms with E-state index in [0.717, 1.165) is 11.1 Å². The zero-order valence-electron chi connectivity index (χ0n) is 19.6. The molecule has 1 saturated heterocycles. The van der Waals surface area contributed by atoms with Crippen LogP contribution in [0, 0.1) is 0 Å². The zero-order valence-corrected chi connectivity index (χ0v) is 19.6. The van der Waals surface area contributed by atoms with Gasteiger partial charge in [0.05, 0.1) is 35.7 Å². The Morgan fingerprint density at radius 1 is 1.37 bits per heavy atom. The van der Waals surface area contributed by atoms with Gasteiger partial charge in [-0.15, -0.1) is 6.58 Å². The lowest BCUT2D eigenvalue weighted by atomic mass is 9.47. The van der Waals surface area contributed by atoms with Gasteiger partial charge in [0, 0.05) is 43.4 Å². The monoisotopic (exact) mass is 478 g/mol. The van der Waals surface area contributed by atoms with E-state index in [2.05, 4.69) is 11.5 Å². The molecule has 3 N–H and O–H groups in total. The number of aliphatic hydroxyl groups excluding tert-OH is 1. The van der Waals surface area contributed by atoms with Gasteiger partial charge in [0.25, 0.3) is 0 Å². The summed E-state index contributed by atoms with van der Waals surface area (Å²) < 4.78 is 11.5. The highest BCUT2D eigenvalue weighted by Gasteiger charge is 2.76. The van der Waals surface area contributed by atoms with E-state index in [4.69, 9.17) is 9.15 Å². The maximum absolute atomic E-state index is 13.2. The van der Waals surface area contributed by atoms with Gasteiger partial charge in [-0.3, -0.25) is 9.69 Å². The second-order valence-corrected chi connectivity index (χ2v) is 10.2. The van der Waals surface area contributed by atoms with Gasteiger partial charge in [0.1, 0.15) is 6.10 Å². The number of phenols is 1. The molecule has 1 amide bonds. The van der Waals surface area contributed by atoms with Gasteiger partial charge in [-0.1, -0.05) is 12.1 Å². The third-order valence-electron chi connectivity index (χ3n) is 8.73. The fraction of sp³-hybridized carbons (Fsp3) is 0.444. The SMILES string of the molecule is C=CCN1CC(O)[C@]23c4c5ccc(O)c4OC2C(N(C)C(=O)/C=C/c2ccoc2)CC[C@@]3(O)[C@H]1C5. The minimum absolute atomic E-state index is 0.0124. The number of furan rings is 1.